The predicted molar refractivity (Wildman–Crippen MR) is 153 cm³/mol. The predicted octanol–water partition coefficient (Wildman–Crippen LogP) is 2.69. The highest BCUT2D eigenvalue weighted by Gasteiger charge is 2.35. The van der Waals surface area contributed by atoms with Gasteiger partial charge in [0.25, 0.3) is 11.8 Å². The van der Waals surface area contributed by atoms with Crippen LogP contribution in [0.3, 0.4) is 0 Å². The van der Waals surface area contributed by atoms with E-state index in [1.807, 2.05) is 0 Å². The Morgan fingerprint density at radius 3 is 2.58 bits per heavy atom. The van der Waals surface area contributed by atoms with E-state index in [0.717, 1.165) is 18.6 Å². The van der Waals surface area contributed by atoms with Crippen LogP contribution in [0.25, 0.3) is 16.8 Å². The molecule has 13 nitrogen and oxygen atoms in total. The number of carbonyl (C=O) groups excluding carboxylic acids is 4. The Hall–Kier alpha value is -6.03. The number of anilines is 2. The molecule has 1 saturated heterocycles. The minimum atomic E-state index is -0.893. The first-order valence-electron chi connectivity index (χ1n) is 13.2. The van der Waals surface area contributed by atoms with Crippen molar-refractivity contribution in [3.8, 4) is 34.6 Å². The third-order valence-corrected chi connectivity index (χ3v) is 6.93. The van der Waals surface area contributed by atoms with Crippen LogP contribution in [-0.4, -0.2) is 54.6 Å². The number of hydrogen-bond donors (Lipinski definition) is 2. The van der Waals surface area contributed by atoms with Gasteiger partial charge in [-0.2, -0.15) is 0 Å². The number of nitrogens with zero attached hydrogens (tertiary/aromatic N) is 5. The highest BCUT2D eigenvalue weighted by Crippen LogP contribution is 2.45. The second kappa shape index (κ2) is 11.1. The van der Waals surface area contributed by atoms with Gasteiger partial charge in [-0.25, -0.2) is 24.5 Å². The number of rotatable bonds is 4. The quantitative estimate of drug-likeness (QED) is 0.209. The standard InChI is InChI=1S/C30H23N7O6/c1-2-6-21(38)36-15-5-7-19(36)29-35-24(25-28(31)33-14-16-37(25)29)17-9-10-18(30(41)34-20-8-3-4-13-32-20)27-26(17)42-22(39)11-12-23(40)43-27/h3-4,8-14,16,19H,5,7,15H2,1H3,(H2,31,33)(H,32,34,41)/b12-11+/t19-/m0/s1. The summed E-state index contributed by atoms with van der Waals surface area (Å²) in [4.78, 5) is 66.2. The second-order valence-corrected chi connectivity index (χ2v) is 9.54. The molecule has 13 heteroatoms. The molecular formula is C30H23N7O6. The van der Waals surface area contributed by atoms with Gasteiger partial charge in [0.1, 0.15) is 28.7 Å². The van der Waals surface area contributed by atoms with E-state index in [2.05, 4.69) is 27.1 Å². The molecule has 2 aliphatic rings. The molecule has 5 heterocycles. The zero-order chi connectivity index (χ0) is 30.1. The molecule has 0 aliphatic carbocycles. The maximum absolute atomic E-state index is 13.3. The summed E-state index contributed by atoms with van der Waals surface area (Å²) in [5.41, 5.74) is 7.06. The second-order valence-electron chi connectivity index (χ2n) is 9.54. The van der Waals surface area contributed by atoms with Crippen LogP contribution < -0.4 is 20.5 Å². The molecule has 3 N–H and O–H groups in total. The third kappa shape index (κ3) is 5.02. The third-order valence-electron chi connectivity index (χ3n) is 6.93. The molecule has 0 unspecified atom stereocenters. The Morgan fingerprint density at radius 2 is 1.84 bits per heavy atom. The van der Waals surface area contributed by atoms with Gasteiger partial charge in [-0.1, -0.05) is 12.0 Å². The van der Waals surface area contributed by atoms with Gasteiger partial charge in [0.2, 0.25) is 0 Å². The van der Waals surface area contributed by atoms with E-state index in [1.165, 1.54) is 24.5 Å². The van der Waals surface area contributed by atoms with Gasteiger partial charge in [-0.3, -0.25) is 14.0 Å². The number of fused-ring (bicyclic) bond motifs is 2. The lowest BCUT2D eigenvalue weighted by molar-refractivity contribution is -0.133. The molecule has 3 aromatic heterocycles. The van der Waals surface area contributed by atoms with Crippen LogP contribution in [-0.2, 0) is 14.4 Å². The van der Waals surface area contributed by atoms with Gasteiger partial charge in [0.15, 0.2) is 11.5 Å². The van der Waals surface area contributed by atoms with E-state index in [1.54, 1.807) is 40.6 Å². The maximum atomic E-state index is 13.3. The highest BCUT2D eigenvalue weighted by atomic mass is 16.6. The summed E-state index contributed by atoms with van der Waals surface area (Å²) < 4.78 is 12.9. The molecule has 0 spiro atoms. The number of benzene rings is 1. The number of likely N-dealkylation sites (tertiary alicyclic amines) is 1. The number of aromatic nitrogens is 4. The molecule has 2 aliphatic heterocycles. The number of hydrogen-bond acceptors (Lipinski definition) is 10. The number of amides is 2. The fourth-order valence-electron chi connectivity index (χ4n) is 5.12. The normalized spacial score (nSPS) is 16.7. The molecule has 214 valence electrons. The molecule has 1 fully saturated rings. The maximum Gasteiger partial charge on any atom is 0.336 e. The molecule has 0 bridgehead atoms. The first kappa shape index (κ1) is 27.2. The average Bonchev–Trinajstić information content (AvgIpc) is 3.63. The minimum absolute atomic E-state index is 0.0959. The van der Waals surface area contributed by atoms with Gasteiger partial charge in [-0.05, 0) is 50.0 Å². The fourth-order valence-corrected chi connectivity index (χ4v) is 5.12. The van der Waals surface area contributed by atoms with Crippen LogP contribution in [0.15, 0.2) is 61.1 Å². The van der Waals surface area contributed by atoms with Gasteiger partial charge in [0, 0.05) is 42.9 Å². The Kier molecular flexibility index (Phi) is 7.01. The number of imidazole rings is 1. The summed E-state index contributed by atoms with van der Waals surface area (Å²) in [6.07, 6.45) is 7.85. The van der Waals surface area contributed by atoms with Crippen molar-refractivity contribution in [1.82, 2.24) is 24.3 Å². The van der Waals surface area contributed by atoms with Crippen LogP contribution in [0.1, 0.15) is 42.0 Å². The molecular weight excluding hydrogens is 554 g/mol. The highest BCUT2D eigenvalue weighted by molar-refractivity contribution is 6.09. The molecule has 1 aromatic carbocycles. The van der Waals surface area contributed by atoms with Crippen molar-refractivity contribution < 1.29 is 28.7 Å². The molecule has 43 heavy (non-hydrogen) atoms. The van der Waals surface area contributed by atoms with Crippen molar-refractivity contribution in [3.05, 3.63) is 72.5 Å². The molecule has 1 atom stereocenters. The number of ether oxygens (including phenoxy) is 2. The number of nitrogen functional groups attached to an aromatic ring is 1. The monoisotopic (exact) mass is 577 g/mol. The summed E-state index contributed by atoms with van der Waals surface area (Å²) >= 11 is 0. The first-order valence-corrected chi connectivity index (χ1v) is 13.2. The number of pyridine rings is 1. The lowest BCUT2D eigenvalue weighted by Crippen LogP contribution is -2.30. The summed E-state index contributed by atoms with van der Waals surface area (Å²) in [5, 5.41) is 2.64. The van der Waals surface area contributed by atoms with E-state index in [0.29, 0.717) is 24.3 Å². The molecule has 0 saturated carbocycles. The van der Waals surface area contributed by atoms with Crippen LogP contribution in [0, 0.1) is 11.8 Å². The fraction of sp³-hybridized carbons (Fsp3) is 0.167. The van der Waals surface area contributed by atoms with Crippen LogP contribution in [0.2, 0.25) is 0 Å². The Morgan fingerprint density at radius 1 is 1.05 bits per heavy atom. The minimum Gasteiger partial charge on any atom is -0.419 e. The molecule has 2 amide bonds. The summed E-state index contributed by atoms with van der Waals surface area (Å²) in [7, 11) is 0. The molecule has 6 rings (SSSR count). The van der Waals surface area contributed by atoms with E-state index in [4.69, 9.17) is 20.2 Å². The summed E-state index contributed by atoms with van der Waals surface area (Å²) in [6, 6.07) is 7.47. The topological polar surface area (TPSA) is 171 Å². The van der Waals surface area contributed by atoms with E-state index < -0.39 is 23.9 Å². The molecule has 0 radical (unpaired) electrons. The lowest BCUT2D eigenvalue weighted by Gasteiger charge is -2.21. The first-order chi connectivity index (χ1) is 20.9. The van der Waals surface area contributed by atoms with E-state index in [-0.39, 0.29) is 45.9 Å². The smallest absolute Gasteiger partial charge is 0.336 e. The Balaban J connectivity index is 1.54. The Labute approximate surface area is 244 Å². The lowest BCUT2D eigenvalue weighted by atomic mass is 10.0. The zero-order valence-electron chi connectivity index (χ0n) is 22.7. The van der Waals surface area contributed by atoms with Gasteiger partial charge in [0.05, 0.1) is 11.6 Å². The summed E-state index contributed by atoms with van der Waals surface area (Å²) in [5.74, 6) is 2.82. The largest absolute Gasteiger partial charge is 0.419 e. The number of nitrogens with one attached hydrogen (secondary N) is 1. The Bertz CT molecular complexity index is 1900. The average molecular weight is 578 g/mol. The van der Waals surface area contributed by atoms with Gasteiger partial charge < -0.3 is 25.4 Å². The zero-order valence-corrected chi connectivity index (χ0v) is 22.7. The van der Waals surface area contributed by atoms with Crippen LogP contribution in [0.4, 0.5) is 11.6 Å². The van der Waals surface area contributed by atoms with Crippen molar-refractivity contribution in [2.24, 2.45) is 0 Å². The SMILES string of the molecule is CC#CC(=O)N1CCC[C@H]1c1nc(-c2ccc(C(=O)Nc3ccccn3)c3c2OC(=O)/C=C/C(=O)O3)c2c(N)nccn12. The van der Waals surface area contributed by atoms with Crippen molar-refractivity contribution in [2.45, 2.75) is 25.8 Å². The number of nitrogens with two attached hydrogens (primary N) is 1. The van der Waals surface area contributed by atoms with Crippen molar-refractivity contribution in [2.75, 3.05) is 17.6 Å². The molecule has 4 aromatic rings. The van der Waals surface area contributed by atoms with E-state index >= 15 is 0 Å². The van der Waals surface area contributed by atoms with Crippen molar-refractivity contribution in [3.63, 3.8) is 0 Å². The van der Waals surface area contributed by atoms with E-state index in [9.17, 15) is 19.2 Å². The van der Waals surface area contributed by atoms with Crippen LogP contribution >= 0.6 is 0 Å². The number of esters is 2. The van der Waals surface area contributed by atoms with Crippen molar-refractivity contribution >= 4 is 40.9 Å². The van der Waals surface area contributed by atoms with Gasteiger partial charge >= 0.3 is 11.9 Å². The summed E-state index contributed by atoms with van der Waals surface area (Å²) in [6.45, 7) is 2.09. The van der Waals surface area contributed by atoms with Crippen molar-refractivity contribution in [1.29, 1.82) is 0 Å². The van der Waals surface area contributed by atoms with Crippen LogP contribution in [0.5, 0.6) is 11.5 Å². The number of carbonyl (C=O) groups is 4. The van der Waals surface area contributed by atoms with Gasteiger partial charge in [-0.15, -0.1) is 0 Å².